The van der Waals surface area contributed by atoms with E-state index >= 15 is 0 Å². The summed E-state index contributed by atoms with van der Waals surface area (Å²) in [6.07, 6.45) is 2.96. The Hall–Kier alpha value is -2.67. The van der Waals surface area contributed by atoms with Crippen molar-refractivity contribution in [2.45, 2.75) is 10.7 Å². The zero-order valence-electron chi connectivity index (χ0n) is 14.1. The molecule has 0 aliphatic rings. The normalized spacial score (nSPS) is 11.0. The van der Waals surface area contributed by atoms with Gasteiger partial charge in [-0.3, -0.25) is 4.79 Å². The van der Waals surface area contributed by atoms with Crippen LogP contribution in [0.25, 0.3) is 6.08 Å². The molecule has 4 nitrogen and oxygen atoms in total. The maximum absolute atomic E-state index is 12.5. The Morgan fingerprint density at radius 3 is 2.27 bits per heavy atom. The van der Waals surface area contributed by atoms with Crippen LogP contribution in [0.4, 0.5) is 8.78 Å². The van der Waals surface area contributed by atoms with E-state index in [1.54, 1.807) is 30.3 Å². The molecule has 136 valence electrons. The van der Waals surface area contributed by atoms with Crippen LogP contribution < -0.4 is 4.74 Å². The fraction of sp³-hybridized carbons (Fsp3) is 0.158. The predicted molar refractivity (Wildman–Crippen MR) is 96.0 cm³/mol. The minimum atomic E-state index is -2.57. The fourth-order valence-electron chi connectivity index (χ4n) is 2.13. The number of hydrogen-bond donors (Lipinski definition) is 0. The molecule has 0 heterocycles. The standard InChI is InChI=1S/C19H16F2O4S/c1-24-16-11-14(8-10-17(16)26-19(20)21)15(22)9-5-12-3-6-13(7-4-12)18(23)25-2/h3-11,19H,1-2H3/b9-5+. The first-order valence-electron chi connectivity index (χ1n) is 7.48. The molecule has 0 spiro atoms. The summed E-state index contributed by atoms with van der Waals surface area (Å²) in [6.45, 7) is 0. The first-order chi connectivity index (χ1) is 12.4. The quantitative estimate of drug-likeness (QED) is 0.303. The number of esters is 1. The summed E-state index contributed by atoms with van der Waals surface area (Å²) >= 11 is 0.360. The zero-order valence-corrected chi connectivity index (χ0v) is 14.9. The van der Waals surface area contributed by atoms with Crippen LogP contribution >= 0.6 is 11.8 Å². The van der Waals surface area contributed by atoms with Gasteiger partial charge in [0, 0.05) is 5.56 Å². The fourth-order valence-corrected chi connectivity index (χ4v) is 2.73. The first-order valence-corrected chi connectivity index (χ1v) is 8.36. The van der Waals surface area contributed by atoms with Crippen LogP contribution in [-0.2, 0) is 4.74 Å². The van der Waals surface area contributed by atoms with Crippen LogP contribution in [0.3, 0.4) is 0 Å². The molecule has 26 heavy (non-hydrogen) atoms. The van der Waals surface area contributed by atoms with Crippen LogP contribution in [0.1, 0.15) is 26.3 Å². The van der Waals surface area contributed by atoms with Crippen LogP contribution in [-0.4, -0.2) is 31.7 Å². The second kappa shape index (κ2) is 9.15. The lowest BCUT2D eigenvalue weighted by Gasteiger charge is -2.08. The van der Waals surface area contributed by atoms with Gasteiger partial charge in [-0.05, 0) is 42.0 Å². The van der Waals surface area contributed by atoms with Crippen molar-refractivity contribution in [1.82, 2.24) is 0 Å². The van der Waals surface area contributed by atoms with Gasteiger partial charge in [0.15, 0.2) is 5.78 Å². The molecule has 0 saturated carbocycles. The number of hydrogen-bond acceptors (Lipinski definition) is 5. The Kier molecular flexibility index (Phi) is 6.91. The van der Waals surface area contributed by atoms with Crippen LogP contribution in [0.5, 0.6) is 5.75 Å². The number of benzene rings is 2. The van der Waals surface area contributed by atoms with Crippen molar-refractivity contribution in [3.63, 3.8) is 0 Å². The molecule has 0 aliphatic carbocycles. The summed E-state index contributed by atoms with van der Waals surface area (Å²) in [4.78, 5) is 23.9. The number of alkyl halides is 2. The number of carbonyl (C=O) groups is 2. The van der Waals surface area contributed by atoms with Gasteiger partial charge in [0.25, 0.3) is 5.76 Å². The molecular weight excluding hydrogens is 362 g/mol. The Labute approximate surface area is 153 Å². The predicted octanol–water partition coefficient (Wildman–Crippen LogP) is 4.69. The molecule has 0 atom stereocenters. The van der Waals surface area contributed by atoms with Gasteiger partial charge in [0.05, 0.1) is 24.7 Å². The third-order valence-corrected chi connectivity index (χ3v) is 4.19. The molecule has 7 heteroatoms. The number of methoxy groups -OCH3 is 2. The molecule has 2 rings (SSSR count). The molecule has 0 saturated heterocycles. The number of rotatable bonds is 7. The minimum absolute atomic E-state index is 0.219. The number of thioether (sulfide) groups is 1. The average molecular weight is 378 g/mol. The van der Waals surface area contributed by atoms with E-state index in [-0.39, 0.29) is 16.4 Å². The van der Waals surface area contributed by atoms with Crippen LogP contribution in [0.15, 0.2) is 53.4 Å². The van der Waals surface area contributed by atoms with E-state index in [1.807, 2.05) is 0 Å². The van der Waals surface area contributed by atoms with Gasteiger partial charge in [-0.25, -0.2) is 4.79 Å². The highest BCUT2D eigenvalue weighted by Gasteiger charge is 2.13. The van der Waals surface area contributed by atoms with E-state index in [2.05, 4.69) is 4.74 Å². The molecule has 0 aliphatic heterocycles. The second-order valence-corrected chi connectivity index (χ2v) is 6.09. The molecule has 0 amide bonds. The SMILES string of the molecule is COC(=O)c1ccc(/C=C/C(=O)c2ccc(SC(F)F)c(OC)c2)cc1. The van der Waals surface area contributed by atoms with Crippen molar-refractivity contribution in [3.05, 3.63) is 65.2 Å². The van der Waals surface area contributed by atoms with Crippen molar-refractivity contribution in [3.8, 4) is 5.75 Å². The Bertz CT molecular complexity index is 817. The number of allylic oxidation sites excluding steroid dienone is 1. The highest BCUT2D eigenvalue weighted by Crippen LogP contribution is 2.34. The second-order valence-electron chi connectivity index (χ2n) is 5.06. The summed E-state index contributed by atoms with van der Waals surface area (Å²) in [5.74, 6) is -3.09. The lowest BCUT2D eigenvalue weighted by atomic mass is 10.1. The average Bonchev–Trinajstić information content (AvgIpc) is 2.65. The molecule has 2 aromatic carbocycles. The largest absolute Gasteiger partial charge is 0.496 e. The van der Waals surface area contributed by atoms with Crippen molar-refractivity contribution < 1.29 is 27.8 Å². The molecule has 0 fully saturated rings. The summed E-state index contributed by atoms with van der Waals surface area (Å²) < 4.78 is 34.7. The Morgan fingerprint density at radius 1 is 1.04 bits per heavy atom. The molecule has 2 aromatic rings. The van der Waals surface area contributed by atoms with E-state index in [9.17, 15) is 18.4 Å². The Balaban J connectivity index is 2.13. The summed E-state index contributed by atoms with van der Waals surface area (Å²) in [5.41, 5.74) is 1.46. The van der Waals surface area contributed by atoms with Crippen LogP contribution in [0.2, 0.25) is 0 Å². The van der Waals surface area contributed by atoms with Gasteiger partial charge in [0.1, 0.15) is 5.75 Å². The van der Waals surface area contributed by atoms with Gasteiger partial charge in [-0.1, -0.05) is 30.0 Å². The third kappa shape index (κ3) is 5.16. The lowest BCUT2D eigenvalue weighted by molar-refractivity contribution is 0.0600. The van der Waals surface area contributed by atoms with Gasteiger partial charge < -0.3 is 9.47 Å². The minimum Gasteiger partial charge on any atom is -0.496 e. The monoisotopic (exact) mass is 378 g/mol. The van der Waals surface area contributed by atoms with E-state index in [1.165, 1.54) is 38.5 Å². The topological polar surface area (TPSA) is 52.6 Å². The Morgan fingerprint density at radius 2 is 1.69 bits per heavy atom. The van der Waals surface area contributed by atoms with Crippen molar-refractivity contribution >= 4 is 29.6 Å². The molecule has 0 radical (unpaired) electrons. The maximum Gasteiger partial charge on any atom is 0.337 e. The number of ether oxygens (including phenoxy) is 2. The smallest absolute Gasteiger partial charge is 0.337 e. The van der Waals surface area contributed by atoms with Gasteiger partial charge >= 0.3 is 5.97 Å². The van der Waals surface area contributed by atoms with Crippen LogP contribution in [0, 0.1) is 0 Å². The molecular formula is C19H16F2O4S. The van der Waals surface area contributed by atoms with E-state index in [0.717, 1.165) is 5.56 Å². The lowest BCUT2D eigenvalue weighted by Crippen LogP contribution is -2.00. The molecule has 0 bridgehead atoms. The highest BCUT2D eigenvalue weighted by atomic mass is 32.2. The molecule has 0 N–H and O–H groups in total. The third-order valence-electron chi connectivity index (χ3n) is 3.42. The molecule has 0 aromatic heterocycles. The van der Waals surface area contributed by atoms with E-state index < -0.39 is 11.7 Å². The summed E-state index contributed by atoms with van der Waals surface area (Å²) in [7, 11) is 2.66. The van der Waals surface area contributed by atoms with Crippen molar-refractivity contribution in [1.29, 1.82) is 0 Å². The number of ketones is 1. The summed E-state index contributed by atoms with van der Waals surface area (Å²) in [6, 6.07) is 10.9. The van der Waals surface area contributed by atoms with Gasteiger partial charge in [-0.15, -0.1) is 0 Å². The van der Waals surface area contributed by atoms with Gasteiger partial charge in [0.2, 0.25) is 0 Å². The van der Waals surface area contributed by atoms with E-state index in [0.29, 0.717) is 22.9 Å². The maximum atomic E-state index is 12.5. The highest BCUT2D eigenvalue weighted by molar-refractivity contribution is 7.99. The van der Waals surface area contributed by atoms with Crippen molar-refractivity contribution in [2.24, 2.45) is 0 Å². The summed E-state index contributed by atoms with van der Waals surface area (Å²) in [5, 5.41) is 0. The molecule has 0 unspecified atom stereocenters. The number of halogens is 2. The van der Waals surface area contributed by atoms with E-state index in [4.69, 9.17) is 4.74 Å². The zero-order chi connectivity index (χ0) is 19.1. The van der Waals surface area contributed by atoms with Gasteiger partial charge in [-0.2, -0.15) is 8.78 Å². The first kappa shape index (κ1) is 19.7. The van der Waals surface area contributed by atoms with Crippen molar-refractivity contribution in [2.75, 3.05) is 14.2 Å². The number of carbonyl (C=O) groups excluding carboxylic acids is 2.